The van der Waals surface area contributed by atoms with Gasteiger partial charge in [-0.25, -0.2) is 0 Å². The predicted molar refractivity (Wildman–Crippen MR) is 63.1 cm³/mol. The molecule has 0 aliphatic heterocycles. The molecule has 4 heteroatoms. The molecule has 0 saturated heterocycles. The van der Waals surface area contributed by atoms with Crippen molar-refractivity contribution in [3.8, 4) is 17.3 Å². The molecule has 0 bridgehead atoms. The largest absolute Gasteiger partial charge is 0.252 e. The van der Waals surface area contributed by atoms with E-state index in [1.54, 1.807) is 4.68 Å². The molecule has 1 heterocycles. The van der Waals surface area contributed by atoms with Crippen LogP contribution in [0.1, 0.15) is 12.5 Å². The predicted octanol–water partition coefficient (Wildman–Crippen LogP) is 3.10. The van der Waals surface area contributed by atoms with Crippen molar-refractivity contribution in [2.24, 2.45) is 0 Å². The normalized spacial score (nSPS) is 10.1. The topological polar surface area (TPSA) is 41.6 Å². The van der Waals surface area contributed by atoms with Gasteiger partial charge in [0.25, 0.3) is 0 Å². The molecule has 3 nitrogen and oxygen atoms in total. The van der Waals surface area contributed by atoms with Crippen LogP contribution in [0.2, 0.25) is 5.15 Å². The molecule has 1 aromatic heterocycles. The summed E-state index contributed by atoms with van der Waals surface area (Å²) in [7, 11) is 0. The number of benzene rings is 1. The van der Waals surface area contributed by atoms with Crippen molar-refractivity contribution in [2.45, 2.75) is 13.5 Å². The van der Waals surface area contributed by atoms with E-state index in [9.17, 15) is 0 Å². The van der Waals surface area contributed by atoms with Gasteiger partial charge in [-0.05, 0) is 6.92 Å². The lowest BCUT2D eigenvalue weighted by molar-refractivity contribution is 0.663. The molecule has 0 spiro atoms. The zero-order chi connectivity index (χ0) is 11.5. The van der Waals surface area contributed by atoms with Gasteiger partial charge in [0.1, 0.15) is 22.5 Å². The van der Waals surface area contributed by atoms with Crippen LogP contribution in [-0.2, 0) is 6.54 Å². The lowest BCUT2D eigenvalue weighted by atomic mass is 10.1. The summed E-state index contributed by atoms with van der Waals surface area (Å²) in [6, 6.07) is 11.7. The molecule has 80 valence electrons. The second-order valence-electron chi connectivity index (χ2n) is 3.31. The highest BCUT2D eigenvalue weighted by Gasteiger charge is 2.16. The summed E-state index contributed by atoms with van der Waals surface area (Å²) in [5.74, 6) is 0. The standard InChI is InChI=1S/C12H10ClN3/c1-2-16-12(13)10(8-14)11(15-16)9-6-4-3-5-7-9/h3-7H,2H2,1H3. The van der Waals surface area contributed by atoms with Crippen LogP contribution in [0.5, 0.6) is 0 Å². The van der Waals surface area contributed by atoms with Crippen LogP contribution in [0.3, 0.4) is 0 Å². The maximum Gasteiger partial charge on any atom is 0.145 e. The van der Waals surface area contributed by atoms with Crippen molar-refractivity contribution in [3.63, 3.8) is 0 Å². The van der Waals surface area contributed by atoms with E-state index in [0.29, 0.717) is 23.0 Å². The molecule has 0 unspecified atom stereocenters. The van der Waals surface area contributed by atoms with Crippen LogP contribution in [0.15, 0.2) is 30.3 Å². The molecule has 0 atom stereocenters. The fraction of sp³-hybridized carbons (Fsp3) is 0.167. The first-order chi connectivity index (χ1) is 7.77. The van der Waals surface area contributed by atoms with Crippen molar-refractivity contribution >= 4 is 11.6 Å². The Morgan fingerprint density at radius 2 is 2.06 bits per heavy atom. The fourth-order valence-electron chi connectivity index (χ4n) is 1.55. The van der Waals surface area contributed by atoms with Gasteiger partial charge in [-0.3, -0.25) is 4.68 Å². The van der Waals surface area contributed by atoms with E-state index in [1.807, 2.05) is 37.3 Å². The van der Waals surface area contributed by atoms with E-state index in [-0.39, 0.29) is 0 Å². The van der Waals surface area contributed by atoms with E-state index >= 15 is 0 Å². The van der Waals surface area contributed by atoms with Gasteiger partial charge in [-0.2, -0.15) is 10.4 Å². The Balaban J connectivity index is 2.63. The Morgan fingerprint density at radius 3 is 2.62 bits per heavy atom. The third kappa shape index (κ3) is 1.68. The van der Waals surface area contributed by atoms with Crippen LogP contribution >= 0.6 is 11.6 Å². The maximum atomic E-state index is 9.08. The summed E-state index contributed by atoms with van der Waals surface area (Å²) < 4.78 is 1.63. The zero-order valence-electron chi connectivity index (χ0n) is 8.81. The Labute approximate surface area is 98.9 Å². The first-order valence-electron chi connectivity index (χ1n) is 4.99. The Morgan fingerprint density at radius 1 is 1.38 bits per heavy atom. The Kier molecular flexibility index (Phi) is 2.93. The summed E-state index contributed by atoms with van der Waals surface area (Å²) in [6.07, 6.45) is 0. The molecule has 0 aliphatic rings. The van der Waals surface area contributed by atoms with Gasteiger partial charge in [-0.1, -0.05) is 41.9 Å². The summed E-state index contributed by atoms with van der Waals surface area (Å²) >= 11 is 6.06. The molecular weight excluding hydrogens is 222 g/mol. The second kappa shape index (κ2) is 4.38. The molecule has 0 N–H and O–H groups in total. The smallest absolute Gasteiger partial charge is 0.145 e. The highest BCUT2D eigenvalue weighted by atomic mass is 35.5. The minimum Gasteiger partial charge on any atom is -0.252 e. The van der Waals surface area contributed by atoms with Crippen molar-refractivity contribution in [3.05, 3.63) is 41.0 Å². The summed E-state index contributed by atoms with van der Waals surface area (Å²) in [5, 5.41) is 13.8. The number of aromatic nitrogens is 2. The van der Waals surface area contributed by atoms with Crippen LogP contribution in [0, 0.1) is 11.3 Å². The van der Waals surface area contributed by atoms with Crippen molar-refractivity contribution < 1.29 is 0 Å². The van der Waals surface area contributed by atoms with Crippen molar-refractivity contribution in [1.82, 2.24) is 9.78 Å². The monoisotopic (exact) mass is 231 g/mol. The van der Waals surface area contributed by atoms with Crippen molar-refractivity contribution in [2.75, 3.05) is 0 Å². The fourth-order valence-corrected chi connectivity index (χ4v) is 1.84. The molecule has 0 amide bonds. The third-order valence-electron chi connectivity index (χ3n) is 2.35. The van der Waals surface area contributed by atoms with E-state index in [0.717, 1.165) is 5.56 Å². The molecule has 16 heavy (non-hydrogen) atoms. The van der Waals surface area contributed by atoms with Crippen LogP contribution in [0.4, 0.5) is 0 Å². The minimum atomic E-state index is 0.406. The van der Waals surface area contributed by atoms with Gasteiger partial charge in [-0.15, -0.1) is 0 Å². The maximum absolute atomic E-state index is 9.08. The molecule has 0 fully saturated rings. The van der Waals surface area contributed by atoms with Gasteiger partial charge in [0.15, 0.2) is 0 Å². The summed E-state index contributed by atoms with van der Waals surface area (Å²) in [6.45, 7) is 2.59. The number of hydrogen-bond donors (Lipinski definition) is 0. The highest BCUT2D eigenvalue weighted by Crippen LogP contribution is 2.27. The molecule has 2 rings (SSSR count). The summed E-state index contributed by atoms with van der Waals surface area (Å²) in [5.41, 5.74) is 2.00. The van der Waals surface area contributed by atoms with Gasteiger partial charge in [0, 0.05) is 12.1 Å². The first kappa shape index (κ1) is 10.7. The average molecular weight is 232 g/mol. The van der Waals surface area contributed by atoms with Crippen LogP contribution in [-0.4, -0.2) is 9.78 Å². The first-order valence-corrected chi connectivity index (χ1v) is 5.37. The number of nitrogens with zero attached hydrogens (tertiary/aromatic N) is 3. The highest BCUT2D eigenvalue weighted by molar-refractivity contribution is 6.31. The summed E-state index contributed by atoms with van der Waals surface area (Å²) in [4.78, 5) is 0. The van der Waals surface area contributed by atoms with Crippen molar-refractivity contribution in [1.29, 1.82) is 5.26 Å². The number of nitriles is 1. The quantitative estimate of drug-likeness (QED) is 0.797. The molecular formula is C12H10ClN3. The lowest BCUT2D eigenvalue weighted by Crippen LogP contribution is -1.95. The molecule has 2 aromatic rings. The molecule has 0 radical (unpaired) electrons. The molecule has 1 aromatic carbocycles. The number of halogens is 1. The van der Waals surface area contributed by atoms with Crippen LogP contribution < -0.4 is 0 Å². The molecule has 0 saturated carbocycles. The third-order valence-corrected chi connectivity index (χ3v) is 2.73. The Hall–Kier alpha value is -1.79. The van der Waals surface area contributed by atoms with Gasteiger partial charge >= 0.3 is 0 Å². The number of aryl methyl sites for hydroxylation is 1. The van der Waals surface area contributed by atoms with Gasteiger partial charge < -0.3 is 0 Å². The zero-order valence-corrected chi connectivity index (χ0v) is 9.57. The number of hydrogen-bond acceptors (Lipinski definition) is 2. The second-order valence-corrected chi connectivity index (χ2v) is 3.67. The molecule has 0 aliphatic carbocycles. The SMILES string of the molecule is CCn1nc(-c2ccccc2)c(C#N)c1Cl. The van der Waals surface area contributed by atoms with E-state index in [4.69, 9.17) is 16.9 Å². The lowest BCUT2D eigenvalue weighted by Gasteiger charge is -1.95. The van der Waals surface area contributed by atoms with E-state index in [2.05, 4.69) is 11.2 Å². The van der Waals surface area contributed by atoms with Gasteiger partial charge in [0.2, 0.25) is 0 Å². The minimum absolute atomic E-state index is 0.406. The number of rotatable bonds is 2. The van der Waals surface area contributed by atoms with Crippen LogP contribution in [0.25, 0.3) is 11.3 Å². The van der Waals surface area contributed by atoms with E-state index in [1.165, 1.54) is 0 Å². The average Bonchev–Trinajstić information content (AvgIpc) is 2.66. The van der Waals surface area contributed by atoms with Gasteiger partial charge in [0.05, 0.1) is 0 Å². The Bertz CT molecular complexity index is 537. The van der Waals surface area contributed by atoms with E-state index < -0.39 is 0 Å².